The lowest BCUT2D eigenvalue weighted by atomic mass is 10.1. The molecule has 0 radical (unpaired) electrons. The number of rotatable bonds is 5. The number of hydrogen-bond acceptors (Lipinski definition) is 4. The van der Waals surface area contributed by atoms with E-state index in [9.17, 15) is 9.90 Å². The standard InChI is InChI=1S/C14H24N4O2/c1-10-13(11(2)17(3)16-10)14(20)18(7-8-19)9-12-5-4-6-15-12/h12,15,19H,4-9H2,1-3H3. The highest BCUT2D eigenvalue weighted by atomic mass is 16.3. The maximum atomic E-state index is 12.7. The summed E-state index contributed by atoms with van der Waals surface area (Å²) >= 11 is 0. The Morgan fingerprint density at radius 3 is 2.80 bits per heavy atom. The van der Waals surface area contributed by atoms with E-state index in [0.29, 0.717) is 24.7 Å². The molecule has 112 valence electrons. The molecule has 1 atom stereocenters. The number of amides is 1. The van der Waals surface area contributed by atoms with E-state index in [-0.39, 0.29) is 12.5 Å². The normalized spacial score (nSPS) is 18.5. The van der Waals surface area contributed by atoms with Crippen molar-refractivity contribution in [1.82, 2.24) is 20.0 Å². The molecule has 0 bridgehead atoms. The van der Waals surface area contributed by atoms with E-state index in [1.54, 1.807) is 9.58 Å². The van der Waals surface area contributed by atoms with Gasteiger partial charge in [-0.1, -0.05) is 0 Å². The predicted molar refractivity (Wildman–Crippen MR) is 76.7 cm³/mol. The minimum atomic E-state index is -0.0316. The molecule has 1 aliphatic rings. The molecule has 2 rings (SSSR count). The van der Waals surface area contributed by atoms with Crippen LogP contribution in [-0.4, -0.2) is 58.0 Å². The van der Waals surface area contributed by atoms with Crippen LogP contribution < -0.4 is 5.32 Å². The van der Waals surface area contributed by atoms with Gasteiger partial charge in [0.05, 0.1) is 17.9 Å². The van der Waals surface area contributed by atoms with Gasteiger partial charge in [-0.25, -0.2) is 0 Å². The van der Waals surface area contributed by atoms with Crippen LogP contribution in [0.25, 0.3) is 0 Å². The Balaban J connectivity index is 2.17. The number of nitrogens with zero attached hydrogens (tertiary/aromatic N) is 3. The third-order valence-corrected chi connectivity index (χ3v) is 3.98. The van der Waals surface area contributed by atoms with E-state index in [4.69, 9.17) is 0 Å². The first-order chi connectivity index (χ1) is 9.54. The van der Waals surface area contributed by atoms with Gasteiger partial charge in [-0.3, -0.25) is 9.48 Å². The van der Waals surface area contributed by atoms with Gasteiger partial charge >= 0.3 is 0 Å². The monoisotopic (exact) mass is 280 g/mol. The maximum absolute atomic E-state index is 12.7. The number of hydrogen-bond donors (Lipinski definition) is 2. The molecule has 1 amide bonds. The number of aliphatic hydroxyl groups is 1. The van der Waals surface area contributed by atoms with Gasteiger partial charge in [-0.05, 0) is 33.2 Å². The molecule has 2 N–H and O–H groups in total. The summed E-state index contributed by atoms with van der Waals surface area (Å²) in [4.78, 5) is 14.4. The number of nitrogens with one attached hydrogen (secondary N) is 1. The van der Waals surface area contributed by atoms with Crippen molar-refractivity contribution in [3.63, 3.8) is 0 Å². The number of aromatic nitrogens is 2. The molecule has 2 heterocycles. The maximum Gasteiger partial charge on any atom is 0.257 e. The lowest BCUT2D eigenvalue weighted by molar-refractivity contribution is 0.0705. The Kier molecular flexibility index (Phi) is 4.77. The molecule has 1 fully saturated rings. The number of carbonyl (C=O) groups is 1. The Bertz CT molecular complexity index is 478. The summed E-state index contributed by atoms with van der Waals surface area (Å²) in [5.74, 6) is -0.0316. The first-order valence-electron chi connectivity index (χ1n) is 7.18. The Morgan fingerprint density at radius 1 is 1.55 bits per heavy atom. The van der Waals surface area contributed by atoms with Crippen LogP contribution in [0.4, 0.5) is 0 Å². The summed E-state index contributed by atoms with van der Waals surface area (Å²) in [6.07, 6.45) is 2.23. The van der Waals surface area contributed by atoms with Gasteiger partial charge in [-0.2, -0.15) is 5.10 Å². The molecule has 0 saturated carbocycles. The van der Waals surface area contributed by atoms with Crippen LogP contribution in [0.5, 0.6) is 0 Å². The summed E-state index contributed by atoms with van der Waals surface area (Å²) in [7, 11) is 1.84. The molecule has 0 aliphatic carbocycles. The molecule has 6 nitrogen and oxygen atoms in total. The molecule has 1 aromatic heterocycles. The fourth-order valence-corrected chi connectivity index (χ4v) is 2.82. The first-order valence-corrected chi connectivity index (χ1v) is 7.18. The second kappa shape index (κ2) is 6.37. The second-order valence-corrected chi connectivity index (χ2v) is 5.44. The average molecular weight is 280 g/mol. The quantitative estimate of drug-likeness (QED) is 0.809. The van der Waals surface area contributed by atoms with Crippen LogP contribution >= 0.6 is 0 Å². The molecule has 1 aromatic rings. The van der Waals surface area contributed by atoms with Gasteiger partial charge in [0.15, 0.2) is 0 Å². The van der Waals surface area contributed by atoms with E-state index >= 15 is 0 Å². The number of aryl methyl sites for hydroxylation is 2. The third kappa shape index (κ3) is 3.02. The minimum absolute atomic E-state index is 0.0170. The molecule has 1 aliphatic heterocycles. The fourth-order valence-electron chi connectivity index (χ4n) is 2.82. The van der Waals surface area contributed by atoms with E-state index in [1.807, 2.05) is 20.9 Å². The summed E-state index contributed by atoms with van der Waals surface area (Å²) in [5.41, 5.74) is 2.28. The topological polar surface area (TPSA) is 70.4 Å². The van der Waals surface area contributed by atoms with Gasteiger partial charge in [0, 0.05) is 31.9 Å². The van der Waals surface area contributed by atoms with Gasteiger partial charge in [0.1, 0.15) is 0 Å². The van der Waals surface area contributed by atoms with Gasteiger partial charge < -0.3 is 15.3 Å². The summed E-state index contributed by atoms with van der Waals surface area (Å²) in [5, 5.41) is 16.9. The molecule has 0 aromatic carbocycles. The van der Waals surface area contributed by atoms with Crippen LogP contribution in [0, 0.1) is 13.8 Å². The van der Waals surface area contributed by atoms with Crippen molar-refractivity contribution in [2.45, 2.75) is 32.7 Å². The SMILES string of the molecule is Cc1nn(C)c(C)c1C(=O)N(CCO)CC1CCCN1. The summed E-state index contributed by atoms with van der Waals surface area (Å²) < 4.78 is 1.73. The van der Waals surface area contributed by atoms with Crippen molar-refractivity contribution in [2.75, 3.05) is 26.2 Å². The molecule has 6 heteroatoms. The van der Waals surface area contributed by atoms with Crippen LogP contribution in [0.3, 0.4) is 0 Å². The van der Waals surface area contributed by atoms with Crippen molar-refractivity contribution in [1.29, 1.82) is 0 Å². The molecule has 1 saturated heterocycles. The zero-order valence-electron chi connectivity index (χ0n) is 12.5. The zero-order chi connectivity index (χ0) is 14.7. The Morgan fingerprint density at radius 2 is 2.30 bits per heavy atom. The van der Waals surface area contributed by atoms with Crippen LogP contribution in [0.2, 0.25) is 0 Å². The van der Waals surface area contributed by atoms with Crippen LogP contribution in [0.15, 0.2) is 0 Å². The lowest BCUT2D eigenvalue weighted by Gasteiger charge is -2.25. The van der Waals surface area contributed by atoms with Crippen molar-refractivity contribution >= 4 is 5.91 Å². The fraction of sp³-hybridized carbons (Fsp3) is 0.714. The largest absolute Gasteiger partial charge is 0.395 e. The van der Waals surface area contributed by atoms with Gasteiger partial charge in [0.25, 0.3) is 5.91 Å². The summed E-state index contributed by atoms with van der Waals surface area (Å²) in [6.45, 7) is 5.76. The van der Waals surface area contributed by atoms with Crippen LogP contribution in [0.1, 0.15) is 34.6 Å². The number of aliphatic hydroxyl groups excluding tert-OH is 1. The van der Waals surface area contributed by atoms with Crippen molar-refractivity contribution in [3.8, 4) is 0 Å². The number of carbonyl (C=O) groups excluding carboxylic acids is 1. The zero-order valence-corrected chi connectivity index (χ0v) is 12.5. The van der Waals surface area contributed by atoms with Gasteiger partial charge in [-0.15, -0.1) is 0 Å². The lowest BCUT2D eigenvalue weighted by Crippen LogP contribution is -2.42. The van der Waals surface area contributed by atoms with E-state index in [1.165, 1.54) is 0 Å². The van der Waals surface area contributed by atoms with Crippen molar-refractivity contribution in [3.05, 3.63) is 17.0 Å². The predicted octanol–water partition coefficient (Wildman–Crippen LogP) is 0.223. The van der Waals surface area contributed by atoms with Crippen molar-refractivity contribution < 1.29 is 9.90 Å². The highest BCUT2D eigenvalue weighted by Gasteiger charge is 2.26. The molecular weight excluding hydrogens is 256 g/mol. The van der Waals surface area contributed by atoms with Crippen molar-refractivity contribution in [2.24, 2.45) is 7.05 Å². The second-order valence-electron chi connectivity index (χ2n) is 5.44. The minimum Gasteiger partial charge on any atom is -0.395 e. The molecule has 0 spiro atoms. The van der Waals surface area contributed by atoms with E-state index in [0.717, 1.165) is 30.8 Å². The smallest absolute Gasteiger partial charge is 0.257 e. The van der Waals surface area contributed by atoms with E-state index in [2.05, 4.69) is 10.4 Å². The highest BCUT2D eigenvalue weighted by Crippen LogP contribution is 2.16. The molecular formula is C14H24N4O2. The van der Waals surface area contributed by atoms with E-state index < -0.39 is 0 Å². The first kappa shape index (κ1) is 15.0. The summed E-state index contributed by atoms with van der Waals surface area (Å²) in [6, 6.07) is 0.336. The van der Waals surface area contributed by atoms with Gasteiger partial charge in [0.2, 0.25) is 0 Å². The highest BCUT2D eigenvalue weighted by molar-refractivity contribution is 5.96. The Labute approximate surface area is 119 Å². The van der Waals surface area contributed by atoms with Crippen LogP contribution in [-0.2, 0) is 7.05 Å². The third-order valence-electron chi connectivity index (χ3n) is 3.98. The molecule has 20 heavy (non-hydrogen) atoms. The molecule has 1 unspecified atom stereocenters. The average Bonchev–Trinajstić information content (AvgIpc) is 2.98. The Hall–Kier alpha value is -1.40.